The Labute approximate surface area is 177 Å². The maximum Gasteiger partial charge on any atom is 0.417 e. The van der Waals surface area contributed by atoms with Crippen molar-refractivity contribution in [3.63, 3.8) is 0 Å². The first-order chi connectivity index (χ1) is 14.4. The zero-order valence-corrected chi connectivity index (χ0v) is 17.3. The van der Waals surface area contributed by atoms with Crippen LogP contribution in [0.4, 0.5) is 17.6 Å². The van der Waals surface area contributed by atoms with Gasteiger partial charge in [-0.15, -0.1) is 0 Å². The van der Waals surface area contributed by atoms with E-state index in [-0.39, 0.29) is 17.0 Å². The number of alkyl halides is 3. The number of hydrogen-bond donors (Lipinski definition) is 2. The van der Waals surface area contributed by atoms with Crippen LogP contribution < -0.4 is 4.74 Å². The molecule has 0 amide bonds. The summed E-state index contributed by atoms with van der Waals surface area (Å²) in [6.45, 7) is 3.01. The molecule has 1 unspecified atom stereocenters. The molecular formula is C23H22F4N2O2. The fraction of sp³-hybridized carbons (Fsp3) is 0.348. The summed E-state index contributed by atoms with van der Waals surface area (Å²) >= 11 is 0. The third kappa shape index (κ3) is 4.52. The van der Waals surface area contributed by atoms with Gasteiger partial charge in [-0.05, 0) is 53.6 Å². The van der Waals surface area contributed by atoms with E-state index in [0.717, 1.165) is 12.1 Å². The number of aliphatic hydroxyl groups is 1. The molecule has 0 aliphatic carbocycles. The van der Waals surface area contributed by atoms with E-state index >= 15 is 0 Å². The zero-order chi connectivity index (χ0) is 23.0. The molecule has 31 heavy (non-hydrogen) atoms. The quantitative estimate of drug-likeness (QED) is 0.511. The van der Waals surface area contributed by atoms with Crippen LogP contribution in [0.1, 0.15) is 37.1 Å². The summed E-state index contributed by atoms with van der Waals surface area (Å²) in [6.07, 6.45) is -6.39. The number of aromatic nitrogens is 1. The average Bonchev–Trinajstić information content (AvgIpc) is 3.07. The highest BCUT2D eigenvalue weighted by Crippen LogP contribution is 2.45. The molecule has 0 saturated heterocycles. The van der Waals surface area contributed by atoms with Crippen LogP contribution in [0.15, 0.2) is 42.5 Å². The number of halogens is 4. The van der Waals surface area contributed by atoms with Crippen LogP contribution in [0.5, 0.6) is 5.75 Å². The minimum atomic E-state index is -4.94. The fourth-order valence-corrected chi connectivity index (χ4v) is 3.97. The first kappa shape index (κ1) is 22.6. The molecule has 4 nitrogen and oxygen atoms in total. The molecule has 2 N–H and O–H groups in total. The van der Waals surface area contributed by atoms with E-state index in [4.69, 9.17) is 10.00 Å². The summed E-state index contributed by atoms with van der Waals surface area (Å²) in [5, 5.41) is 20.5. The summed E-state index contributed by atoms with van der Waals surface area (Å²) in [5.74, 6) is -0.367. The molecule has 0 spiro atoms. The number of aromatic amines is 1. The summed E-state index contributed by atoms with van der Waals surface area (Å²) in [5.41, 5.74) is -3.08. The second-order valence-electron chi connectivity index (χ2n) is 8.32. The SMILES string of the molecule is COc1ccc(F)cc1C(C)(C)CC(O)(Cc1cc2ccc(C#N)cc2[nH]1)C(F)(F)F. The Kier molecular flexibility index (Phi) is 5.76. The number of ether oxygens (including phenoxy) is 1. The second-order valence-corrected chi connectivity index (χ2v) is 8.32. The number of hydrogen-bond acceptors (Lipinski definition) is 3. The molecule has 0 radical (unpaired) electrons. The van der Waals surface area contributed by atoms with Gasteiger partial charge < -0.3 is 14.8 Å². The highest BCUT2D eigenvalue weighted by atomic mass is 19.4. The van der Waals surface area contributed by atoms with Crippen molar-refractivity contribution in [3.05, 3.63) is 65.1 Å². The number of nitriles is 1. The molecule has 3 rings (SSSR count). The number of H-pyrrole nitrogens is 1. The van der Waals surface area contributed by atoms with Crippen molar-refractivity contribution in [2.45, 2.75) is 43.9 Å². The Hall–Kier alpha value is -3.05. The fourth-order valence-electron chi connectivity index (χ4n) is 3.97. The molecule has 3 aromatic rings. The standard InChI is InChI=1S/C23H22F4N2O2/c1-21(2,18-10-16(24)6-7-20(18)31-3)13-22(30,23(25,26)27)11-17-9-15-5-4-14(12-28)8-19(15)29-17/h4-10,29-30H,11,13H2,1-3H3. The Bertz CT molecular complexity index is 1140. The Morgan fingerprint density at radius 1 is 1.10 bits per heavy atom. The first-order valence-electron chi connectivity index (χ1n) is 9.53. The van der Waals surface area contributed by atoms with Crippen molar-refractivity contribution in [3.8, 4) is 11.8 Å². The van der Waals surface area contributed by atoms with E-state index in [1.807, 2.05) is 6.07 Å². The van der Waals surface area contributed by atoms with Gasteiger partial charge in [-0.3, -0.25) is 0 Å². The minimum absolute atomic E-state index is 0.173. The topological polar surface area (TPSA) is 69.0 Å². The van der Waals surface area contributed by atoms with Crippen LogP contribution in [0.25, 0.3) is 10.9 Å². The van der Waals surface area contributed by atoms with Crippen LogP contribution in [-0.4, -0.2) is 29.0 Å². The van der Waals surface area contributed by atoms with Crippen molar-refractivity contribution in [1.29, 1.82) is 5.26 Å². The average molecular weight is 434 g/mol. The van der Waals surface area contributed by atoms with Gasteiger partial charge in [0.05, 0.1) is 18.7 Å². The molecule has 0 saturated carbocycles. The maximum absolute atomic E-state index is 14.1. The van der Waals surface area contributed by atoms with E-state index in [1.54, 1.807) is 12.1 Å². The van der Waals surface area contributed by atoms with E-state index in [2.05, 4.69) is 4.98 Å². The lowest BCUT2D eigenvalue weighted by atomic mass is 9.73. The summed E-state index contributed by atoms with van der Waals surface area (Å²) in [6, 6.07) is 11.9. The molecule has 0 fully saturated rings. The van der Waals surface area contributed by atoms with Crippen molar-refractivity contribution in [2.75, 3.05) is 7.11 Å². The van der Waals surface area contributed by atoms with Crippen LogP contribution in [0, 0.1) is 17.1 Å². The van der Waals surface area contributed by atoms with Crippen molar-refractivity contribution < 1.29 is 27.4 Å². The van der Waals surface area contributed by atoms with Gasteiger partial charge >= 0.3 is 6.18 Å². The summed E-state index contributed by atoms with van der Waals surface area (Å²) < 4.78 is 61.2. The number of benzene rings is 2. The highest BCUT2D eigenvalue weighted by molar-refractivity contribution is 5.81. The van der Waals surface area contributed by atoms with Crippen molar-refractivity contribution in [1.82, 2.24) is 4.98 Å². The number of rotatable bonds is 6. The van der Waals surface area contributed by atoms with E-state index in [0.29, 0.717) is 16.5 Å². The third-order valence-electron chi connectivity index (χ3n) is 5.44. The number of nitrogens with one attached hydrogen (secondary N) is 1. The lowest BCUT2D eigenvalue weighted by Gasteiger charge is -2.38. The normalized spacial score (nSPS) is 14.3. The zero-order valence-electron chi connectivity index (χ0n) is 17.3. The Morgan fingerprint density at radius 3 is 2.42 bits per heavy atom. The molecule has 2 aromatic carbocycles. The minimum Gasteiger partial charge on any atom is -0.496 e. The van der Waals surface area contributed by atoms with Crippen LogP contribution in [0.2, 0.25) is 0 Å². The summed E-state index contributed by atoms with van der Waals surface area (Å²) in [7, 11) is 1.35. The monoisotopic (exact) mass is 434 g/mol. The maximum atomic E-state index is 14.1. The van der Waals surface area contributed by atoms with Crippen molar-refractivity contribution in [2.24, 2.45) is 0 Å². The third-order valence-corrected chi connectivity index (χ3v) is 5.44. The van der Waals surface area contributed by atoms with E-state index < -0.39 is 35.9 Å². The van der Waals surface area contributed by atoms with Crippen LogP contribution >= 0.6 is 0 Å². The summed E-state index contributed by atoms with van der Waals surface area (Å²) in [4.78, 5) is 2.86. The van der Waals surface area contributed by atoms with Gasteiger partial charge in [-0.25, -0.2) is 4.39 Å². The van der Waals surface area contributed by atoms with Crippen LogP contribution in [0.3, 0.4) is 0 Å². The highest BCUT2D eigenvalue weighted by Gasteiger charge is 2.56. The molecule has 1 atom stereocenters. The molecule has 0 bridgehead atoms. The molecule has 0 aliphatic heterocycles. The lowest BCUT2D eigenvalue weighted by molar-refractivity contribution is -0.266. The van der Waals surface area contributed by atoms with Crippen LogP contribution in [-0.2, 0) is 11.8 Å². The lowest BCUT2D eigenvalue weighted by Crippen LogP contribution is -2.51. The van der Waals surface area contributed by atoms with Crippen molar-refractivity contribution >= 4 is 10.9 Å². The molecule has 1 heterocycles. The van der Waals surface area contributed by atoms with Gasteiger partial charge in [-0.1, -0.05) is 19.9 Å². The smallest absolute Gasteiger partial charge is 0.417 e. The van der Waals surface area contributed by atoms with Gasteiger partial charge in [-0.2, -0.15) is 18.4 Å². The largest absolute Gasteiger partial charge is 0.496 e. The Balaban J connectivity index is 2.00. The molecule has 164 valence electrons. The molecule has 1 aromatic heterocycles. The molecule has 0 aliphatic rings. The number of methoxy groups -OCH3 is 1. The second kappa shape index (κ2) is 7.89. The predicted molar refractivity (Wildman–Crippen MR) is 108 cm³/mol. The molecular weight excluding hydrogens is 412 g/mol. The van der Waals surface area contributed by atoms with Gasteiger partial charge in [0.15, 0.2) is 5.60 Å². The molecule has 8 heteroatoms. The van der Waals surface area contributed by atoms with Gasteiger partial charge in [0.1, 0.15) is 11.6 Å². The number of fused-ring (bicyclic) bond motifs is 1. The van der Waals surface area contributed by atoms with E-state index in [1.165, 1.54) is 39.2 Å². The van der Waals surface area contributed by atoms with E-state index in [9.17, 15) is 22.7 Å². The van der Waals surface area contributed by atoms with Gasteiger partial charge in [0.25, 0.3) is 0 Å². The van der Waals surface area contributed by atoms with Gasteiger partial charge in [0, 0.05) is 23.2 Å². The first-order valence-corrected chi connectivity index (χ1v) is 9.53. The van der Waals surface area contributed by atoms with Gasteiger partial charge in [0.2, 0.25) is 0 Å². The predicted octanol–water partition coefficient (Wildman–Crippen LogP) is 5.39. The number of nitrogens with zero attached hydrogens (tertiary/aromatic N) is 1. The Morgan fingerprint density at radius 2 is 1.81 bits per heavy atom.